The first-order chi connectivity index (χ1) is 32.4. The van der Waals surface area contributed by atoms with E-state index in [1.54, 1.807) is 22.3 Å². The molecule has 10 fully saturated rings. The fourth-order valence-electron chi connectivity index (χ4n) is 21.8. The smallest absolute Gasteiger partial charge is 0.0787 e. The molecule has 4 aliphatic heterocycles. The van der Waals surface area contributed by atoms with Gasteiger partial charge in [-0.2, -0.15) is 0 Å². The van der Waals surface area contributed by atoms with E-state index in [4.69, 9.17) is 32.7 Å². The number of likely N-dealkylation sites (tertiary alicyclic amines) is 2. The van der Waals surface area contributed by atoms with Crippen molar-refractivity contribution < 1.29 is 19.7 Å². The second-order valence-corrected chi connectivity index (χ2v) is 28.6. The van der Waals surface area contributed by atoms with E-state index in [1.807, 2.05) is 0 Å². The van der Waals surface area contributed by atoms with Gasteiger partial charge in [-0.1, -0.05) is 82.9 Å². The Morgan fingerprint density at radius 2 is 1.26 bits per heavy atom. The molecule has 0 aromatic rings. The Balaban J connectivity index is 0.000000141. The van der Waals surface area contributed by atoms with Crippen molar-refractivity contribution in [1.82, 2.24) is 9.80 Å². The van der Waals surface area contributed by atoms with Crippen LogP contribution in [0.5, 0.6) is 0 Å². The molecule has 6 nitrogen and oxygen atoms in total. The predicted molar refractivity (Wildman–Crippen MR) is 276 cm³/mol. The van der Waals surface area contributed by atoms with Crippen molar-refractivity contribution in [3.05, 3.63) is 34.4 Å². The molecule has 4 heterocycles. The fraction of sp³-hybridized carbons (Fsp3) is 0.900. The highest BCUT2D eigenvalue weighted by Crippen LogP contribution is 2.87. The van der Waals surface area contributed by atoms with Gasteiger partial charge in [0.15, 0.2) is 0 Å². The molecular weight excluding hydrogens is 884 g/mol. The first-order valence-electron chi connectivity index (χ1n) is 28.8. The second kappa shape index (κ2) is 17.0. The van der Waals surface area contributed by atoms with Crippen LogP contribution in [0.1, 0.15) is 171 Å². The van der Waals surface area contributed by atoms with Crippen LogP contribution >= 0.6 is 23.2 Å². The number of hydrogen-bond donors (Lipinski definition) is 2. The number of fused-ring (bicyclic) bond motifs is 12. The number of aliphatic hydroxyl groups is 2. The third-order valence-corrected chi connectivity index (χ3v) is 25.3. The summed E-state index contributed by atoms with van der Waals surface area (Å²) in [5.41, 5.74) is 8.15. The molecule has 2 N–H and O–H groups in total. The van der Waals surface area contributed by atoms with Crippen LogP contribution in [0.3, 0.4) is 0 Å². The quantitative estimate of drug-likeness (QED) is 0.216. The van der Waals surface area contributed by atoms with Crippen molar-refractivity contribution >= 4 is 23.2 Å². The normalized spacial score (nSPS) is 55.5. The molecule has 13 rings (SSSR count). The van der Waals surface area contributed by atoms with Crippen LogP contribution in [0.2, 0.25) is 0 Å². The molecule has 6 saturated carbocycles. The maximum atomic E-state index is 10.4. The van der Waals surface area contributed by atoms with Gasteiger partial charge in [0.1, 0.15) is 0 Å². The van der Waals surface area contributed by atoms with Crippen LogP contribution in [0.4, 0.5) is 0 Å². The lowest BCUT2D eigenvalue weighted by atomic mass is 9.56. The zero-order valence-electron chi connectivity index (χ0n) is 43.7. The Bertz CT molecular complexity index is 2080. The number of piperidine rings is 2. The summed E-state index contributed by atoms with van der Waals surface area (Å²) in [4.78, 5) is 5.37. The lowest BCUT2D eigenvalue weighted by molar-refractivity contribution is -0.148. The molecule has 0 aromatic heterocycles. The number of rotatable bonds is 4. The third kappa shape index (κ3) is 6.86. The summed E-state index contributed by atoms with van der Waals surface area (Å²) in [6.07, 6.45) is 27.1. The molecule has 4 saturated heterocycles. The van der Waals surface area contributed by atoms with E-state index in [1.165, 1.54) is 96.6 Å². The molecule has 68 heavy (non-hydrogen) atoms. The Labute approximate surface area is 422 Å². The molecule has 0 radical (unpaired) electrons. The van der Waals surface area contributed by atoms with Crippen LogP contribution < -0.4 is 0 Å². The number of aliphatic hydroxyl groups excluding tert-OH is 2. The van der Waals surface area contributed by atoms with Gasteiger partial charge >= 0.3 is 0 Å². The molecule has 380 valence electrons. The molecule has 0 amide bonds. The van der Waals surface area contributed by atoms with Gasteiger partial charge in [0.2, 0.25) is 0 Å². The van der Waals surface area contributed by atoms with Crippen molar-refractivity contribution in [3.63, 3.8) is 0 Å². The van der Waals surface area contributed by atoms with Gasteiger partial charge in [-0.05, 0) is 186 Å². The van der Waals surface area contributed by atoms with Crippen molar-refractivity contribution in [3.8, 4) is 0 Å². The van der Waals surface area contributed by atoms with E-state index in [0.717, 1.165) is 92.5 Å². The van der Waals surface area contributed by atoms with Gasteiger partial charge in [-0.15, -0.1) is 23.2 Å². The lowest BCUT2D eigenvalue weighted by Gasteiger charge is -2.50. The molecule has 3 spiro atoms. The average molecular weight is 976 g/mol. The van der Waals surface area contributed by atoms with Crippen LogP contribution in [-0.4, -0.2) is 106 Å². The molecular formula is C60H92Cl2N2O4. The molecule has 0 aromatic carbocycles. The highest BCUT2D eigenvalue weighted by molar-refractivity contribution is 6.18. The summed E-state index contributed by atoms with van der Waals surface area (Å²) in [5.74, 6) is 8.84. The minimum atomic E-state index is -0.116. The number of halogens is 2. The topological polar surface area (TPSA) is 65.4 Å². The lowest BCUT2D eigenvalue weighted by Crippen LogP contribution is -2.54. The van der Waals surface area contributed by atoms with Crippen LogP contribution in [0, 0.1) is 80.8 Å². The van der Waals surface area contributed by atoms with Crippen molar-refractivity contribution in [2.75, 3.05) is 37.9 Å². The number of allylic oxidation sites excluding steroid dienone is 3. The summed E-state index contributed by atoms with van der Waals surface area (Å²) in [7, 11) is 0. The summed E-state index contributed by atoms with van der Waals surface area (Å²) in [6, 6.07) is 1.08. The number of alkyl halides is 2. The third-order valence-electron chi connectivity index (χ3n) is 25.0. The molecule has 13 aliphatic rings. The predicted octanol–water partition coefficient (Wildman–Crippen LogP) is 12.4. The van der Waals surface area contributed by atoms with Crippen molar-refractivity contribution in [2.24, 2.45) is 80.8 Å². The van der Waals surface area contributed by atoms with E-state index in [0.29, 0.717) is 69.6 Å². The van der Waals surface area contributed by atoms with Gasteiger partial charge in [0.05, 0.1) is 35.6 Å². The molecule has 0 bridgehead atoms. The Kier molecular flexibility index (Phi) is 12.2. The van der Waals surface area contributed by atoms with Gasteiger partial charge < -0.3 is 19.7 Å². The Morgan fingerprint density at radius 1 is 0.676 bits per heavy atom. The summed E-state index contributed by atoms with van der Waals surface area (Å²) in [6.45, 7) is 24.4. The largest absolute Gasteiger partial charge is 0.393 e. The van der Waals surface area contributed by atoms with Crippen molar-refractivity contribution in [2.45, 2.75) is 219 Å². The monoisotopic (exact) mass is 975 g/mol. The number of nitrogens with zero attached hydrogens (tertiary/aromatic N) is 2. The minimum absolute atomic E-state index is 0.00932. The first kappa shape index (κ1) is 48.5. The standard InChI is InChI=1S/2C30H46ClNO2/c1-18-13-25-26(32(16-18)12-11-31)19(2)30(34-25)10-8-23-22-6-5-20-14-21(33)7-9-27(20,3)24(22)15-29(23)17-28(29,30)4;1-18-13-27-28(32(17-18)12-11-31)20(3)30(34-27)10-8-23-24-6-5-21-14-22(33)7-9-29(21,4)26(24)15-25(23)19(2)16-30/h5,18-19,21-26,33H,6-17H2,1-4H3;5,18,20,22-24,26-28,33H,6-17H2,1-4H3/t18-,19+,21-,22-,23-,24-,25+,26-,27-,28+,29?,30+;18-,20+,22-,23-,24-,26-,27+,28-,29-,30-/m00/s1. The van der Waals surface area contributed by atoms with Gasteiger partial charge in [0, 0.05) is 67.3 Å². The van der Waals surface area contributed by atoms with Crippen molar-refractivity contribution in [1.29, 1.82) is 0 Å². The second-order valence-electron chi connectivity index (χ2n) is 27.8. The molecule has 1 unspecified atom stereocenters. The molecule has 9 aliphatic carbocycles. The van der Waals surface area contributed by atoms with E-state index >= 15 is 0 Å². The summed E-state index contributed by atoms with van der Waals surface area (Å²) >= 11 is 12.5. The highest BCUT2D eigenvalue weighted by Gasteiger charge is 2.84. The fourth-order valence-corrected chi connectivity index (χ4v) is 22.2. The van der Waals surface area contributed by atoms with E-state index < -0.39 is 0 Å². The van der Waals surface area contributed by atoms with Crippen LogP contribution in [0.15, 0.2) is 34.4 Å². The van der Waals surface area contributed by atoms with Crippen LogP contribution in [-0.2, 0) is 9.47 Å². The average Bonchev–Trinajstić information content (AvgIpc) is 3.53. The SMILES string of the molecule is CC1=C2C[C@H]3[C@@H](CC=C4C[C@@H](O)CC[C@@]43C)[C@@H]2CC[C@@]2(C1)O[C@@H]1C[C@H](C)CN(CCCl)[C@H]1[C@H]2C.C[C@H]1C[C@H]2O[C@]3(CC[C@H]4[C@@H]5CC=C6C[C@@H](O)CC[C@]6(C)[C@H]5CC45C[C@]53C)[C@H](C)[C@@H]2N(CCCl)C1. The Hall–Kier alpha value is -0.440. The summed E-state index contributed by atoms with van der Waals surface area (Å²) < 4.78 is 14.5. The number of hydrogen-bond acceptors (Lipinski definition) is 6. The van der Waals surface area contributed by atoms with Gasteiger partial charge in [-0.25, -0.2) is 0 Å². The Morgan fingerprint density at radius 3 is 1.90 bits per heavy atom. The van der Waals surface area contributed by atoms with E-state index in [-0.39, 0.29) is 23.4 Å². The van der Waals surface area contributed by atoms with E-state index in [2.05, 4.69) is 77.3 Å². The highest BCUT2D eigenvalue weighted by atomic mass is 35.5. The molecule has 22 atom stereocenters. The zero-order chi connectivity index (χ0) is 47.5. The maximum Gasteiger partial charge on any atom is 0.0787 e. The maximum absolute atomic E-state index is 10.4. The van der Waals surface area contributed by atoms with E-state index in [9.17, 15) is 10.2 Å². The summed E-state index contributed by atoms with van der Waals surface area (Å²) in [5, 5.41) is 20.7. The first-order valence-corrected chi connectivity index (χ1v) is 29.9. The van der Waals surface area contributed by atoms with Gasteiger partial charge in [0.25, 0.3) is 0 Å². The zero-order valence-corrected chi connectivity index (χ0v) is 45.2. The van der Waals surface area contributed by atoms with Gasteiger partial charge in [-0.3, -0.25) is 9.80 Å². The van der Waals surface area contributed by atoms with Crippen LogP contribution in [0.25, 0.3) is 0 Å². The minimum Gasteiger partial charge on any atom is -0.393 e. The molecule has 8 heteroatoms. The number of ether oxygens (including phenoxy) is 2.